The molecule has 0 bridgehead atoms. The molecule has 25 heavy (non-hydrogen) atoms. The number of anilines is 1. The van der Waals surface area contributed by atoms with Crippen LogP contribution < -0.4 is 15.8 Å². The summed E-state index contributed by atoms with van der Waals surface area (Å²) in [6, 6.07) is 5.09. The van der Waals surface area contributed by atoms with Crippen LogP contribution in [0.5, 0.6) is 0 Å². The number of ether oxygens (including phenoxy) is 1. The maximum atomic E-state index is 12.4. The molecule has 1 aliphatic heterocycles. The molecule has 0 spiro atoms. The summed E-state index contributed by atoms with van der Waals surface area (Å²) >= 11 is 0. The van der Waals surface area contributed by atoms with Gasteiger partial charge in [-0.3, -0.25) is 9.59 Å². The average Bonchev–Trinajstić information content (AvgIpc) is 3.06. The summed E-state index contributed by atoms with van der Waals surface area (Å²) in [5, 5.41) is 2.86. The number of pyridine rings is 1. The fourth-order valence-corrected chi connectivity index (χ4v) is 3.05. The number of hydrogen-bond donors (Lipinski definition) is 1. The lowest BCUT2D eigenvalue weighted by atomic mass is 10.2. The summed E-state index contributed by atoms with van der Waals surface area (Å²) in [4.78, 5) is 34.7. The van der Waals surface area contributed by atoms with Crippen molar-refractivity contribution in [2.75, 3.05) is 25.1 Å². The van der Waals surface area contributed by atoms with Crippen molar-refractivity contribution in [3.05, 3.63) is 52.8 Å². The minimum atomic E-state index is -0.371. The van der Waals surface area contributed by atoms with E-state index in [0.717, 1.165) is 12.2 Å². The molecule has 3 rings (SSSR count). The van der Waals surface area contributed by atoms with E-state index in [0.29, 0.717) is 13.1 Å². The maximum Gasteiger partial charge on any atom is 0.263 e. The summed E-state index contributed by atoms with van der Waals surface area (Å²) in [6.07, 6.45) is 5.65. The summed E-state index contributed by atoms with van der Waals surface area (Å²) in [5.74, 6) is 0.425. The molecule has 0 unspecified atom stereocenters. The highest BCUT2D eigenvalue weighted by molar-refractivity contribution is 5.93. The first-order valence-corrected chi connectivity index (χ1v) is 8.09. The van der Waals surface area contributed by atoms with Gasteiger partial charge in [-0.25, -0.2) is 9.97 Å². The molecular weight excluding hydrogens is 322 g/mol. The zero-order valence-corrected chi connectivity index (χ0v) is 14.3. The molecule has 1 amide bonds. The Hall–Kier alpha value is -2.74. The van der Waals surface area contributed by atoms with Crippen LogP contribution in [0.4, 0.5) is 5.82 Å². The molecule has 8 heteroatoms. The first-order chi connectivity index (χ1) is 12.1. The predicted octanol–water partition coefficient (Wildman–Crippen LogP) is 0.199. The number of carbonyl (C=O) groups is 1. The zero-order chi connectivity index (χ0) is 17.8. The van der Waals surface area contributed by atoms with Crippen LogP contribution in [0.15, 0.2) is 41.7 Å². The second-order valence-electron chi connectivity index (χ2n) is 6.02. The topological polar surface area (TPSA) is 89.4 Å². The van der Waals surface area contributed by atoms with Crippen LogP contribution in [-0.2, 0) is 11.8 Å². The predicted molar refractivity (Wildman–Crippen MR) is 92.6 cm³/mol. The second-order valence-corrected chi connectivity index (χ2v) is 6.02. The van der Waals surface area contributed by atoms with Gasteiger partial charge in [-0.05, 0) is 24.6 Å². The van der Waals surface area contributed by atoms with Crippen molar-refractivity contribution in [3.8, 4) is 0 Å². The van der Waals surface area contributed by atoms with Crippen molar-refractivity contribution in [1.82, 2.24) is 19.9 Å². The number of aromatic nitrogens is 3. The van der Waals surface area contributed by atoms with Gasteiger partial charge < -0.3 is 19.5 Å². The lowest BCUT2D eigenvalue weighted by Gasteiger charge is -2.25. The van der Waals surface area contributed by atoms with Gasteiger partial charge in [0.1, 0.15) is 17.7 Å². The van der Waals surface area contributed by atoms with Crippen LogP contribution in [0.2, 0.25) is 0 Å². The van der Waals surface area contributed by atoms with Crippen molar-refractivity contribution in [2.45, 2.75) is 18.6 Å². The normalized spacial score (nSPS) is 19.8. The highest BCUT2D eigenvalue weighted by Crippen LogP contribution is 2.24. The number of rotatable bonds is 5. The number of hydrogen-bond acceptors (Lipinski definition) is 6. The largest absolute Gasteiger partial charge is 0.380 e. The highest BCUT2D eigenvalue weighted by atomic mass is 16.5. The monoisotopic (exact) mass is 343 g/mol. The molecule has 132 valence electrons. The second kappa shape index (κ2) is 7.43. The van der Waals surface area contributed by atoms with Gasteiger partial charge >= 0.3 is 0 Å². The van der Waals surface area contributed by atoms with E-state index < -0.39 is 0 Å². The van der Waals surface area contributed by atoms with Gasteiger partial charge in [-0.2, -0.15) is 0 Å². The minimum absolute atomic E-state index is 0.0383. The molecule has 0 saturated carbocycles. The number of methoxy groups -OCH3 is 1. The smallest absolute Gasteiger partial charge is 0.263 e. The van der Waals surface area contributed by atoms with Gasteiger partial charge in [0, 0.05) is 39.6 Å². The first-order valence-electron chi connectivity index (χ1n) is 8.09. The van der Waals surface area contributed by atoms with E-state index in [2.05, 4.69) is 20.2 Å². The number of carbonyl (C=O) groups excluding carboxylic acids is 1. The fourth-order valence-electron chi connectivity index (χ4n) is 3.05. The third kappa shape index (κ3) is 3.69. The lowest BCUT2D eigenvalue weighted by Crippen LogP contribution is -2.42. The van der Waals surface area contributed by atoms with Gasteiger partial charge in [0.25, 0.3) is 11.5 Å². The van der Waals surface area contributed by atoms with E-state index in [4.69, 9.17) is 4.74 Å². The highest BCUT2D eigenvalue weighted by Gasteiger charge is 2.33. The Morgan fingerprint density at radius 2 is 2.28 bits per heavy atom. The number of nitrogens with zero attached hydrogens (tertiary/aromatic N) is 4. The van der Waals surface area contributed by atoms with Crippen LogP contribution >= 0.6 is 0 Å². The number of amides is 1. The van der Waals surface area contributed by atoms with Gasteiger partial charge in [-0.15, -0.1) is 0 Å². The van der Waals surface area contributed by atoms with Gasteiger partial charge in [-0.1, -0.05) is 0 Å². The standard InChI is InChI=1S/C17H21N5O3/c1-21-7-3-4-14(17(21)24)16(23)19-9-12-8-13(25-2)10-22(12)15-5-6-18-11-20-15/h3-7,11-13H,8-10H2,1-2H3,(H,19,23)/t12-,13-/m1/s1. The van der Waals surface area contributed by atoms with E-state index in [1.807, 2.05) is 6.07 Å². The summed E-state index contributed by atoms with van der Waals surface area (Å²) < 4.78 is 6.86. The van der Waals surface area contributed by atoms with Crippen LogP contribution in [-0.4, -0.2) is 52.8 Å². The van der Waals surface area contributed by atoms with Gasteiger partial charge in [0.2, 0.25) is 0 Å². The Kier molecular flexibility index (Phi) is 5.08. The van der Waals surface area contributed by atoms with E-state index in [1.165, 1.54) is 17.0 Å². The quantitative estimate of drug-likeness (QED) is 0.834. The molecule has 1 fully saturated rings. The molecule has 1 saturated heterocycles. The average molecular weight is 343 g/mol. The Bertz CT molecular complexity index is 792. The van der Waals surface area contributed by atoms with Crippen molar-refractivity contribution in [3.63, 3.8) is 0 Å². The lowest BCUT2D eigenvalue weighted by molar-refractivity contribution is 0.0944. The molecular formula is C17H21N5O3. The summed E-state index contributed by atoms with van der Waals surface area (Å²) in [5.41, 5.74) is -0.172. The van der Waals surface area contributed by atoms with Crippen molar-refractivity contribution < 1.29 is 9.53 Å². The Balaban J connectivity index is 1.71. The molecule has 0 radical (unpaired) electrons. The van der Waals surface area contributed by atoms with Gasteiger partial charge in [0.05, 0.1) is 12.1 Å². The third-order valence-corrected chi connectivity index (χ3v) is 4.44. The fraction of sp³-hybridized carbons (Fsp3) is 0.412. The third-order valence-electron chi connectivity index (χ3n) is 4.44. The van der Waals surface area contributed by atoms with E-state index >= 15 is 0 Å². The van der Waals surface area contributed by atoms with Crippen molar-refractivity contribution in [1.29, 1.82) is 0 Å². The van der Waals surface area contributed by atoms with Crippen LogP contribution in [0.3, 0.4) is 0 Å². The molecule has 0 aliphatic carbocycles. The molecule has 1 N–H and O–H groups in total. The van der Waals surface area contributed by atoms with Gasteiger partial charge in [0.15, 0.2) is 0 Å². The summed E-state index contributed by atoms with van der Waals surface area (Å²) in [7, 11) is 3.30. The molecule has 2 atom stereocenters. The van der Waals surface area contributed by atoms with Crippen LogP contribution in [0.1, 0.15) is 16.8 Å². The van der Waals surface area contributed by atoms with Crippen LogP contribution in [0.25, 0.3) is 0 Å². The molecule has 3 heterocycles. The zero-order valence-electron chi connectivity index (χ0n) is 14.3. The minimum Gasteiger partial charge on any atom is -0.380 e. The first kappa shape index (κ1) is 17.1. The molecule has 2 aromatic rings. The van der Waals surface area contributed by atoms with E-state index in [-0.39, 0.29) is 29.2 Å². The molecule has 2 aromatic heterocycles. The number of aryl methyl sites for hydroxylation is 1. The molecule has 1 aliphatic rings. The van der Waals surface area contributed by atoms with E-state index in [1.54, 1.807) is 32.6 Å². The maximum absolute atomic E-state index is 12.4. The van der Waals surface area contributed by atoms with Crippen molar-refractivity contribution in [2.24, 2.45) is 7.05 Å². The SMILES string of the molecule is CO[C@@H]1C[C@H](CNC(=O)c2cccn(C)c2=O)N(c2ccncn2)C1. The van der Waals surface area contributed by atoms with E-state index in [9.17, 15) is 9.59 Å². The Morgan fingerprint density at radius 1 is 1.44 bits per heavy atom. The molecule has 8 nitrogen and oxygen atoms in total. The Morgan fingerprint density at radius 3 is 3.00 bits per heavy atom. The Labute approximate surface area is 145 Å². The van der Waals surface area contributed by atoms with Crippen molar-refractivity contribution >= 4 is 11.7 Å². The molecule has 0 aromatic carbocycles. The summed E-state index contributed by atoms with van der Waals surface area (Å²) in [6.45, 7) is 1.10. The number of nitrogens with one attached hydrogen (secondary N) is 1. The van der Waals surface area contributed by atoms with Crippen LogP contribution in [0, 0.1) is 0 Å².